The number of rotatable bonds is 3. The van der Waals surface area contributed by atoms with Crippen LogP contribution < -0.4 is 4.90 Å². The van der Waals surface area contributed by atoms with Gasteiger partial charge in [-0.25, -0.2) is 4.98 Å². The van der Waals surface area contributed by atoms with Crippen LogP contribution in [0, 0.1) is 11.3 Å². The van der Waals surface area contributed by atoms with Crippen molar-refractivity contribution in [2.75, 3.05) is 31.2 Å². The molecule has 108 valence electrons. The summed E-state index contributed by atoms with van der Waals surface area (Å²) >= 11 is 0. The molecule has 1 saturated heterocycles. The standard InChI is InChI=1S/C17H19N3O/c1-2-13-3-4-16-15(11-13)12-14(5-6-18)17(19-16)20-7-9-21-10-8-20/h3-4,11-12H,2,5,7-10H2,1H3. The van der Waals surface area contributed by atoms with Gasteiger partial charge in [0.25, 0.3) is 0 Å². The van der Waals surface area contributed by atoms with Gasteiger partial charge in [-0.3, -0.25) is 0 Å². The van der Waals surface area contributed by atoms with Crippen molar-refractivity contribution in [1.29, 1.82) is 5.26 Å². The van der Waals surface area contributed by atoms with Crippen LogP contribution in [0.4, 0.5) is 5.82 Å². The molecule has 0 unspecified atom stereocenters. The van der Waals surface area contributed by atoms with Crippen LogP contribution in [0.25, 0.3) is 10.9 Å². The van der Waals surface area contributed by atoms with Crippen LogP contribution in [-0.2, 0) is 17.6 Å². The predicted octanol–water partition coefficient (Wildman–Crippen LogP) is 2.70. The first-order valence-corrected chi connectivity index (χ1v) is 7.44. The monoisotopic (exact) mass is 281 g/mol. The molecule has 1 fully saturated rings. The van der Waals surface area contributed by atoms with Crippen molar-refractivity contribution in [3.05, 3.63) is 35.4 Å². The number of benzene rings is 1. The maximum atomic E-state index is 9.09. The number of morpholine rings is 1. The molecule has 0 amide bonds. The van der Waals surface area contributed by atoms with E-state index in [1.54, 1.807) is 0 Å². The van der Waals surface area contributed by atoms with Gasteiger partial charge < -0.3 is 9.64 Å². The number of pyridine rings is 1. The maximum absolute atomic E-state index is 9.09. The normalized spacial score (nSPS) is 15.1. The van der Waals surface area contributed by atoms with Crippen molar-refractivity contribution in [2.24, 2.45) is 0 Å². The molecule has 0 aliphatic carbocycles. The molecule has 3 rings (SSSR count). The summed E-state index contributed by atoms with van der Waals surface area (Å²) in [6, 6.07) is 10.8. The third-order valence-corrected chi connectivity index (χ3v) is 3.92. The van der Waals surface area contributed by atoms with E-state index in [1.807, 2.05) is 0 Å². The number of anilines is 1. The SMILES string of the molecule is CCc1ccc2nc(N3CCOCC3)c(CC#N)cc2c1. The van der Waals surface area contributed by atoms with Gasteiger partial charge in [0.1, 0.15) is 5.82 Å². The number of aryl methyl sites for hydroxylation is 1. The molecule has 4 heteroatoms. The van der Waals surface area contributed by atoms with Crippen LogP contribution in [0.2, 0.25) is 0 Å². The lowest BCUT2D eigenvalue weighted by molar-refractivity contribution is 0.122. The lowest BCUT2D eigenvalue weighted by atomic mass is 10.1. The van der Waals surface area contributed by atoms with Crippen LogP contribution in [0.3, 0.4) is 0 Å². The molecular weight excluding hydrogens is 262 g/mol. The molecule has 1 aliphatic heterocycles. The van der Waals surface area contributed by atoms with Crippen LogP contribution >= 0.6 is 0 Å². The second kappa shape index (κ2) is 6.11. The molecule has 0 N–H and O–H groups in total. The summed E-state index contributed by atoms with van der Waals surface area (Å²) in [5.74, 6) is 0.941. The van der Waals surface area contributed by atoms with E-state index in [-0.39, 0.29) is 0 Å². The first-order chi connectivity index (χ1) is 10.3. The summed E-state index contributed by atoms with van der Waals surface area (Å²) < 4.78 is 5.40. The Labute approximate surface area is 125 Å². The highest BCUT2D eigenvalue weighted by molar-refractivity contribution is 5.82. The largest absolute Gasteiger partial charge is 0.378 e. The van der Waals surface area contributed by atoms with Crippen molar-refractivity contribution >= 4 is 16.7 Å². The zero-order chi connectivity index (χ0) is 14.7. The zero-order valence-electron chi connectivity index (χ0n) is 12.3. The van der Waals surface area contributed by atoms with Crippen LogP contribution in [0.15, 0.2) is 24.3 Å². The number of fused-ring (bicyclic) bond motifs is 1. The molecule has 4 nitrogen and oxygen atoms in total. The van der Waals surface area contributed by atoms with Crippen LogP contribution in [0.1, 0.15) is 18.1 Å². The molecule has 0 spiro atoms. The molecule has 0 saturated carbocycles. The fourth-order valence-electron chi connectivity index (χ4n) is 2.74. The summed E-state index contributed by atoms with van der Waals surface area (Å²) in [5, 5.41) is 10.2. The number of nitriles is 1. The highest BCUT2D eigenvalue weighted by atomic mass is 16.5. The Kier molecular flexibility index (Phi) is 4.03. The molecule has 2 heterocycles. The Morgan fingerprint density at radius 1 is 1.29 bits per heavy atom. The van der Waals surface area contributed by atoms with Crippen molar-refractivity contribution < 1.29 is 4.74 Å². The summed E-state index contributed by atoms with van der Waals surface area (Å²) in [5.41, 5.74) is 3.31. The molecule has 1 aromatic heterocycles. The minimum absolute atomic E-state index is 0.395. The van der Waals surface area contributed by atoms with E-state index in [1.165, 1.54) is 5.56 Å². The lowest BCUT2D eigenvalue weighted by Gasteiger charge is -2.29. The fourth-order valence-corrected chi connectivity index (χ4v) is 2.74. The highest BCUT2D eigenvalue weighted by Gasteiger charge is 2.17. The van der Waals surface area contributed by atoms with E-state index >= 15 is 0 Å². The van der Waals surface area contributed by atoms with E-state index in [9.17, 15) is 0 Å². The second-order valence-electron chi connectivity index (χ2n) is 5.29. The van der Waals surface area contributed by atoms with Crippen molar-refractivity contribution in [1.82, 2.24) is 4.98 Å². The summed E-state index contributed by atoms with van der Waals surface area (Å²) in [6.45, 7) is 5.27. The number of aromatic nitrogens is 1. The molecule has 1 aliphatic rings. The number of hydrogen-bond acceptors (Lipinski definition) is 4. The van der Waals surface area contributed by atoms with E-state index in [2.05, 4.69) is 42.2 Å². The van der Waals surface area contributed by atoms with E-state index in [0.29, 0.717) is 6.42 Å². The predicted molar refractivity (Wildman–Crippen MR) is 83.5 cm³/mol. The summed E-state index contributed by atoms with van der Waals surface area (Å²) in [4.78, 5) is 7.04. The average molecular weight is 281 g/mol. The topological polar surface area (TPSA) is 49.2 Å². The van der Waals surface area contributed by atoms with Crippen LogP contribution in [-0.4, -0.2) is 31.3 Å². The van der Waals surface area contributed by atoms with Gasteiger partial charge in [-0.1, -0.05) is 13.0 Å². The number of hydrogen-bond donors (Lipinski definition) is 0. The van der Waals surface area contributed by atoms with Gasteiger partial charge in [0.15, 0.2) is 0 Å². The smallest absolute Gasteiger partial charge is 0.133 e. The Morgan fingerprint density at radius 2 is 2.10 bits per heavy atom. The lowest BCUT2D eigenvalue weighted by Crippen LogP contribution is -2.37. The summed E-state index contributed by atoms with van der Waals surface area (Å²) in [7, 11) is 0. The molecule has 1 aromatic carbocycles. The first kappa shape index (κ1) is 13.8. The van der Waals surface area contributed by atoms with Gasteiger partial charge in [0.2, 0.25) is 0 Å². The molecule has 0 atom stereocenters. The van der Waals surface area contributed by atoms with Crippen LogP contribution in [0.5, 0.6) is 0 Å². The Balaban J connectivity index is 2.08. The molecular formula is C17H19N3O. The minimum Gasteiger partial charge on any atom is -0.378 e. The Morgan fingerprint density at radius 3 is 2.81 bits per heavy atom. The van der Waals surface area contributed by atoms with Gasteiger partial charge in [0, 0.05) is 24.0 Å². The van der Waals surface area contributed by atoms with E-state index < -0.39 is 0 Å². The van der Waals surface area contributed by atoms with Gasteiger partial charge in [-0.2, -0.15) is 5.26 Å². The highest BCUT2D eigenvalue weighted by Crippen LogP contribution is 2.25. The van der Waals surface area contributed by atoms with Gasteiger partial charge in [-0.15, -0.1) is 0 Å². The third-order valence-electron chi connectivity index (χ3n) is 3.92. The number of ether oxygens (including phenoxy) is 1. The minimum atomic E-state index is 0.395. The molecule has 21 heavy (non-hydrogen) atoms. The zero-order valence-corrected chi connectivity index (χ0v) is 12.3. The second-order valence-corrected chi connectivity index (χ2v) is 5.29. The van der Waals surface area contributed by atoms with Crippen molar-refractivity contribution in [3.8, 4) is 6.07 Å². The number of nitrogens with zero attached hydrogens (tertiary/aromatic N) is 3. The van der Waals surface area contributed by atoms with E-state index in [4.69, 9.17) is 15.0 Å². The van der Waals surface area contributed by atoms with Gasteiger partial charge >= 0.3 is 0 Å². The van der Waals surface area contributed by atoms with Gasteiger partial charge in [-0.05, 0) is 30.2 Å². The first-order valence-electron chi connectivity index (χ1n) is 7.44. The maximum Gasteiger partial charge on any atom is 0.133 e. The Hall–Kier alpha value is -2.12. The average Bonchev–Trinajstić information content (AvgIpc) is 2.55. The molecule has 0 radical (unpaired) electrons. The fraction of sp³-hybridized carbons (Fsp3) is 0.412. The quantitative estimate of drug-likeness (QED) is 0.868. The van der Waals surface area contributed by atoms with Crippen molar-refractivity contribution in [2.45, 2.75) is 19.8 Å². The van der Waals surface area contributed by atoms with Gasteiger partial charge in [0.05, 0.1) is 31.2 Å². The third kappa shape index (κ3) is 2.84. The molecule has 0 bridgehead atoms. The van der Waals surface area contributed by atoms with E-state index in [0.717, 1.165) is 55.0 Å². The Bertz CT molecular complexity index is 684. The van der Waals surface area contributed by atoms with Crippen molar-refractivity contribution in [3.63, 3.8) is 0 Å². The summed E-state index contributed by atoms with van der Waals surface area (Å²) in [6.07, 6.45) is 1.40. The molecule has 2 aromatic rings.